The Bertz CT molecular complexity index is 588. The van der Waals surface area contributed by atoms with Crippen LogP contribution in [0.1, 0.15) is 47.0 Å². The first-order valence-electron chi connectivity index (χ1n) is 9.87. The number of amides is 2. The Morgan fingerprint density at radius 2 is 1.65 bits per heavy atom. The summed E-state index contributed by atoms with van der Waals surface area (Å²) in [6.07, 6.45) is 2.82. The van der Waals surface area contributed by atoms with Crippen molar-refractivity contribution in [3.8, 4) is 0 Å². The van der Waals surface area contributed by atoms with Crippen molar-refractivity contribution in [2.24, 2.45) is 5.92 Å². The van der Waals surface area contributed by atoms with E-state index in [1.807, 2.05) is 26.0 Å². The lowest BCUT2D eigenvalue weighted by molar-refractivity contribution is -0.130. The molecule has 0 aromatic heterocycles. The Kier molecular flexibility index (Phi) is 7.49. The fourth-order valence-electron chi connectivity index (χ4n) is 3.52. The summed E-state index contributed by atoms with van der Waals surface area (Å²) >= 11 is 0. The molecular weight excluding hydrogens is 326 g/mol. The summed E-state index contributed by atoms with van der Waals surface area (Å²) in [6.45, 7) is 11.8. The fourth-order valence-corrected chi connectivity index (χ4v) is 3.52. The Morgan fingerprint density at radius 1 is 1.08 bits per heavy atom. The Morgan fingerprint density at radius 3 is 2.15 bits per heavy atom. The van der Waals surface area contributed by atoms with Crippen LogP contribution in [0, 0.1) is 5.92 Å². The largest absolute Gasteiger partial charge is 0.372 e. The molecule has 2 rings (SSSR count). The highest BCUT2D eigenvalue weighted by Crippen LogP contribution is 2.25. The number of benzene rings is 1. The van der Waals surface area contributed by atoms with Gasteiger partial charge in [0.15, 0.2) is 0 Å². The van der Waals surface area contributed by atoms with E-state index in [9.17, 15) is 9.59 Å². The number of rotatable bonds is 7. The fraction of sp³-hybridized carbons (Fsp3) is 0.619. The van der Waals surface area contributed by atoms with E-state index < -0.39 is 0 Å². The number of hydrogen-bond donors (Lipinski definition) is 0. The molecule has 0 aliphatic carbocycles. The van der Waals surface area contributed by atoms with Gasteiger partial charge in [0, 0.05) is 57.4 Å². The molecule has 26 heavy (non-hydrogen) atoms. The van der Waals surface area contributed by atoms with Crippen LogP contribution in [0.4, 0.5) is 11.4 Å². The summed E-state index contributed by atoms with van der Waals surface area (Å²) in [6, 6.07) is 8.17. The normalized spacial score (nSPS) is 15.0. The molecule has 144 valence electrons. The zero-order valence-electron chi connectivity index (χ0n) is 16.7. The minimum atomic E-state index is -0.0307. The van der Waals surface area contributed by atoms with E-state index in [-0.39, 0.29) is 11.8 Å². The zero-order valence-corrected chi connectivity index (χ0v) is 16.7. The molecule has 0 saturated carbocycles. The third-order valence-corrected chi connectivity index (χ3v) is 5.36. The lowest BCUT2D eigenvalue weighted by Gasteiger charge is -2.32. The van der Waals surface area contributed by atoms with Gasteiger partial charge >= 0.3 is 0 Å². The molecule has 0 bridgehead atoms. The molecule has 0 unspecified atom stereocenters. The third kappa shape index (κ3) is 5.23. The van der Waals surface area contributed by atoms with Gasteiger partial charge in [-0.3, -0.25) is 9.59 Å². The molecule has 5 nitrogen and oxygen atoms in total. The van der Waals surface area contributed by atoms with Crippen LogP contribution >= 0.6 is 0 Å². The SMILES string of the molecule is CCN(CC)C(=O)CCN(C(C)=O)c1ccc(N2CCC(C)CC2)cc1. The van der Waals surface area contributed by atoms with Gasteiger partial charge in [0.2, 0.25) is 11.8 Å². The zero-order chi connectivity index (χ0) is 19.1. The molecule has 1 saturated heterocycles. The van der Waals surface area contributed by atoms with E-state index in [0.717, 1.165) is 24.7 Å². The average Bonchev–Trinajstić information content (AvgIpc) is 2.64. The van der Waals surface area contributed by atoms with Crippen LogP contribution in [0.15, 0.2) is 24.3 Å². The summed E-state index contributed by atoms with van der Waals surface area (Å²) in [5.41, 5.74) is 2.07. The smallest absolute Gasteiger partial charge is 0.224 e. The highest BCUT2D eigenvalue weighted by molar-refractivity contribution is 5.92. The van der Waals surface area contributed by atoms with E-state index in [1.165, 1.54) is 18.5 Å². The molecule has 1 heterocycles. The van der Waals surface area contributed by atoms with Gasteiger partial charge in [-0.25, -0.2) is 0 Å². The van der Waals surface area contributed by atoms with Crippen LogP contribution in [-0.4, -0.2) is 49.4 Å². The molecule has 1 aliphatic heterocycles. The first kappa shape index (κ1) is 20.3. The number of nitrogens with zero attached hydrogens (tertiary/aromatic N) is 3. The van der Waals surface area contributed by atoms with Crippen molar-refractivity contribution in [2.75, 3.05) is 42.5 Å². The first-order valence-corrected chi connectivity index (χ1v) is 9.87. The monoisotopic (exact) mass is 359 g/mol. The molecule has 2 amide bonds. The number of anilines is 2. The number of piperidine rings is 1. The standard InChI is InChI=1S/C21H33N3O2/c1-5-22(6-2)21(26)13-16-24(18(4)25)20-9-7-19(8-10-20)23-14-11-17(3)12-15-23/h7-10,17H,5-6,11-16H2,1-4H3. The predicted octanol–water partition coefficient (Wildman–Crippen LogP) is 3.53. The summed E-state index contributed by atoms with van der Waals surface area (Å²) in [5.74, 6) is 0.874. The second kappa shape index (κ2) is 9.60. The number of hydrogen-bond acceptors (Lipinski definition) is 3. The maximum absolute atomic E-state index is 12.2. The van der Waals surface area contributed by atoms with Gasteiger partial charge < -0.3 is 14.7 Å². The molecular formula is C21H33N3O2. The van der Waals surface area contributed by atoms with Gasteiger partial charge in [-0.15, -0.1) is 0 Å². The van der Waals surface area contributed by atoms with Gasteiger partial charge in [0.25, 0.3) is 0 Å². The Hall–Kier alpha value is -2.04. The van der Waals surface area contributed by atoms with Crippen LogP contribution in [0.25, 0.3) is 0 Å². The summed E-state index contributed by atoms with van der Waals surface area (Å²) < 4.78 is 0. The molecule has 1 aliphatic rings. The molecule has 0 spiro atoms. The highest BCUT2D eigenvalue weighted by atomic mass is 16.2. The molecule has 1 aromatic carbocycles. The minimum Gasteiger partial charge on any atom is -0.372 e. The van der Waals surface area contributed by atoms with Crippen LogP contribution in [0.3, 0.4) is 0 Å². The Labute approximate surface area is 158 Å². The van der Waals surface area contributed by atoms with E-state index in [0.29, 0.717) is 26.1 Å². The van der Waals surface area contributed by atoms with Crippen molar-refractivity contribution in [2.45, 2.75) is 47.0 Å². The first-order chi connectivity index (χ1) is 12.5. The van der Waals surface area contributed by atoms with Crippen LogP contribution in [0.5, 0.6) is 0 Å². The predicted molar refractivity (Wildman–Crippen MR) is 108 cm³/mol. The maximum atomic E-state index is 12.2. The summed E-state index contributed by atoms with van der Waals surface area (Å²) in [5, 5.41) is 0. The number of carbonyl (C=O) groups is 2. The summed E-state index contributed by atoms with van der Waals surface area (Å²) in [4.78, 5) is 30.2. The molecule has 0 N–H and O–H groups in total. The van der Waals surface area contributed by atoms with Gasteiger partial charge in [-0.1, -0.05) is 6.92 Å². The third-order valence-electron chi connectivity index (χ3n) is 5.36. The van der Waals surface area contributed by atoms with Gasteiger partial charge in [0.05, 0.1) is 0 Å². The molecule has 1 aromatic rings. The molecule has 1 fully saturated rings. The number of carbonyl (C=O) groups excluding carboxylic acids is 2. The molecule has 5 heteroatoms. The van der Waals surface area contributed by atoms with E-state index in [4.69, 9.17) is 0 Å². The van der Waals surface area contributed by atoms with Crippen molar-refractivity contribution in [3.63, 3.8) is 0 Å². The van der Waals surface area contributed by atoms with Gasteiger partial charge in [-0.05, 0) is 56.9 Å². The van der Waals surface area contributed by atoms with Gasteiger partial charge in [0.1, 0.15) is 0 Å². The molecule has 0 atom stereocenters. The van der Waals surface area contributed by atoms with E-state index in [1.54, 1.807) is 16.7 Å². The van der Waals surface area contributed by atoms with Gasteiger partial charge in [-0.2, -0.15) is 0 Å². The van der Waals surface area contributed by atoms with E-state index >= 15 is 0 Å². The molecule has 0 radical (unpaired) electrons. The van der Waals surface area contributed by atoms with Crippen molar-refractivity contribution in [1.29, 1.82) is 0 Å². The maximum Gasteiger partial charge on any atom is 0.224 e. The Balaban J connectivity index is 2.01. The van der Waals surface area contributed by atoms with Crippen molar-refractivity contribution >= 4 is 23.2 Å². The van der Waals surface area contributed by atoms with E-state index in [2.05, 4.69) is 24.0 Å². The quantitative estimate of drug-likeness (QED) is 0.748. The minimum absolute atomic E-state index is 0.0307. The van der Waals surface area contributed by atoms with Crippen LogP contribution in [-0.2, 0) is 9.59 Å². The van der Waals surface area contributed by atoms with Crippen LogP contribution in [0.2, 0.25) is 0 Å². The second-order valence-corrected chi connectivity index (χ2v) is 7.17. The highest BCUT2D eigenvalue weighted by Gasteiger charge is 2.18. The topological polar surface area (TPSA) is 43.9 Å². The summed E-state index contributed by atoms with van der Waals surface area (Å²) in [7, 11) is 0. The van der Waals surface area contributed by atoms with Crippen molar-refractivity contribution in [1.82, 2.24) is 4.90 Å². The lowest BCUT2D eigenvalue weighted by Crippen LogP contribution is -2.36. The lowest BCUT2D eigenvalue weighted by atomic mass is 9.99. The van der Waals surface area contributed by atoms with Crippen LogP contribution < -0.4 is 9.80 Å². The second-order valence-electron chi connectivity index (χ2n) is 7.17. The van der Waals surface area contributed by atoms with Crippen molar-refractivity contribution in [3.05, 3.63) is 24.3 Å². The van der Waals surface area contributed by atoms with Crippen molar-refractivity contribution < 1.29 is 9.59 Å². The average molecular weight is 360 g/mol.